The van der Waals surface area contributed by atoms with Gasteiger partial charge in [-0.2, -0.15) is 5.10 Å². The zero-order valence-corrected chi connectivity index (χ0v) is 11.1. The molecule has 100 valence electrons. The molecule has 1 aromatic heterocycles. The second kappa shape index (κ2) is 6.73. The Morgan fingerprint density at radius 3 is 2.68 bits per heavy atom. The van der Waals surface area contributed by atoms with Gasteiger partial charge in [-0.3, -0.25) is 9.89 Å². The second-order valence-electron chi connectivity index (χ2n) is 4.67. The molecule has 2 rings (SSSR count). The van der Waals surface area contributed by atoms with Crippen molar-refractivity contribution in [3.8, 4) is 0 Å². The van der Waals surface area contributed by atoms with Crippen LogP contribution in [0, 0.1) is 6.92 Å². The minimum absolute atomic E-state index is 0.0973. The number of hydrogen-bond acceptors (Lipinski definition) is 2. The first-order chi connectivity index (χ1) is 9.24. The van der Waals surface area contributed by atoms with E-state index in [0.717, 1.165) is 18.5 Å². The molecule has 0 fully saturated rings. The monoisotopic (exact) mass is 257 g/mol. The van der Waals surface area contributed by atoms with Crippen LogP contribution in [0.15, 0.2) is 36.5 Å². The van der Waals surface area contributed by atoms with Crippen molar-refractivity contribution in [3.05, 3.63) is 53.3 Å². The van der Waals surface area contributed by atoms with Crippen molar-refractivity contribution in [2.45, 2.75) is 26.2 Å². The van der Waals surface area contributed by atoms with Gasteiger partial charge in [-0.05, 0) is 25.0 Å². The van der Waals surface area contributed by atoms with Crippen molar-refractivity contribution in [1.29, 1.82) is 0 Å². The Labute approximate surface area is 113 Å². The standard InChI is InChI=1S/C15H19N3O/c1-12-2-4-13(5-3-12)6-7-15(19)16-10-8-14-9-11-17-18-14/h2-5,9,11H,6-8,10H2,1H3,(H,16,19)(H,17,18). The number of aryl methyl sites for hydroxylation is 2. The van der Waals surface area contributed by atoms with Gasteiger partial charge < -0.3 is 5.32 Å². The maximum atomic E-state index is 11.7. The summed E-state index contributed by atoms with van der Waals surface area (Å²) in [7, 11) is 0. The number of benzene rings is 1. The number of aromatic nitrogens is 2. The topological polar surface area (TPSA) is 57.8 Å². The fraction of sp³-hybridized carbons (Fsp3) is 0.333. The lowest BCUT2D eigenvalue weighted by molar-refractivity contribution is -0.121. The van der Waals surface area contributed by atoms with E-state index in [1.165, 1.54) is 11.1 Å². The Kier molecular flexibility index (Phi) is 4.72. The van der Waals surface area contributed by atoms with Crippen LogP contribution in [0.4, 0.5) is 0 Å². The summed E-state index contributed by atoms with van der Waals surface area (Å²) in [5, 5.41) is 9.65. The fourth-order valence-corrected chi connectivity index (χ4v) is 1.86. The molecule has 0 saturated carbocycles. The molecule has 0 saturated heterocycles. The van der Waals surface area contributed by atoms with E-state index in [2.05, 4.69) is 46.7 Å². The van der Waals surface area contributed by atoms with E-state index >= 15 is 0 Å². The first-order valence-corrected chi connectivity index (χ1v) is 6.54. The van der Waals surface area contributed by atoms with Crippen LogP contribution in [-0.4, -0.2) is 22.6 Å². The number of aromatic amines is 1. The highest BCUT2D eigenvalue weighted by molar-refractivity contribution is 5.76. The van der Waals surface area contributed by atoms with Crippen molar-refractivity contribution in [3.63, 3.8) is 0 Å². The molecule has 4 nitrogen and oxygen atoms in total. The van der Waals surface area contributed by atoms with Gasteiger partial charge in [0.25, 0.3) is 0 Å². The molecule has 0 bridgehead atoms. The Balaban J connectivity index is 1.65. The van der Waals surface area contributed by atoms with Crippen LogP contribution >= 0.6 is 0 Å². The number of hydrogen-bond donors (Lipinski definition) is 2. The Morgan fingerprint density at radius 2 is 2.00 bits per heavy atom. The van der Waals surface area contributed by atoms with Crippen molar-refractivity contribution >= 4 is 5.91 Å². The molecular weight excluding hydrogens is 238 g/mol. The van der Waals surface area contributed by atoms with E-state index in [9.17, 15) is 4.79 Å². The molecule has 1 heterocycles. The van der Waals surface area contributed by atoms with Crippen LogP contribution in [0.1, 0.15) is 23.2 Å². The smallest absolute Gasteiger partial charge is 0.220 e. The largest absolute Gasteiger partial charge is 0.356 e. The molecule has 1 amide bonds. The van der Waals surface area contributed by atoms with Gasteiger partial charge in [-0.15, -0.1) is 0 Å². The first kappa shape index (κ1) is 13.3. The van der Waals surface area contributed by atoms with Crippen molar-refractivity contribution in [1.82, 2.24) is 15.5 Å². The molecule has 0 aliphatic rings. The third-order valence-electron chi connectivity index (χ3n) is 3.04. The maximum Gasteiger partial charge on any atom is 0.220 e. The minimum Gasteiger partial charge on any atom is -0.356 e. The van der Waals surface area contributed by atoms with Gasteiger partial charge in [0.05, 0.1) is 0 Å². The van der Waals surface area contributed by atoms with Gasteiger partial charge in [0.1, 0.15) is 0 Å². The average molecular weight is 257 g/mol. The number of carbonyl (C=O) groups is 1. The molecule has 0 aliphatic heterocycles. The predicted molar refractivity (Wildman–Crippen MR) is 74.8 cm³/mol. The molecule has 0 aliphatic carbocycles. The summed E-state index contributed by atoms with van der Waals surface area (Å²) in [6.07, 6.45) is 3.83. The number of H-pyrrole nitrogens is 1. The predicted octanol–water partition coefficient (Wildman–Crippen LogP) is 2.01. The van der Waals surface area contributed by atoms with Crippen molar-refractivity contribution in [2.75, 3.05) is 6.54 Å². The van der Waals surface area contributed by atoms with E-state index in [4.69, 9.17) is 0 Å². The Hall–Kier alpha value is -2.10. The van der Waals surface area contributed by atoms with Crippen LogP contribution in [0.3, 0.4) is 0 Å². The van der Waals surface area contributed by atoms with E-state index in [1.54, 1.807) is 6.20 Å². The summed E-state index contributed by atoms with van der Waals surface area (Å²) < 4.78 is 0. The Morgan fingerprint density at radius 1 is 1.21 bits per heavy atom. The summed E-state index contributed by atoms with van der Waals surface area (Å²) in [4.78, 5) is 11.7. The molecule has 0 unspecified atom stereocenters. The second-order valence-corrected chi connectivity index (χ2v) is 4.67. The molecule has 2 N–H and O–H groups in total. The van der Waals surface area contributed by atoms with E-state index < -0.39 is 0 Å². The van der Waals surface area contributed by atoms with Crippen molar-refractivity contribution in [2.24, 2.45) is 0 Å². The summed E-state index contributed by atoms with van der Waals surface area (Å²) in [6.45, 7) is 2.71. The summed E-state index contributed by atoms with van der Waals surface area (Å²) in [6, 6.07) is 10.2. The lowest BCUT2D eigenvalue weighted by Crippen LogP contribution is -2.25. The molecule has 0 spiro atoms. The first-order valence-electron chi connectivity index (χ1n) is 6.54. The highest BCUT2D eigenvalue weighted by Crippen LogP contribution is 2.05. The highest BCUT2D eigenvalue weighted by Gasteiger charge is 2.02. The minimum atomic E-state index is 0.0973. The molecular formula is C15H19N3O. The molecule has 0 radical (unpaired) electrons. The molecule has 1 aromatic carbocycles. The lowest BCUT2D eigenvalue weighted by Gasteiger charge is -2.05. The highest BCUT2D eigenvalue weighted by atomic mass is 16.1. The lowest BCUT2D eigenvalue weighted by atomic mass is 10.1. The summed E-state index contributed by atoms with van der Waals surface area (Å²) >= 11 is 0. The molecule has 2 aromatic rings. The van der Waals surface area contributed by atoms with E-state index in [1.807, 2.05) is 6.07 Å². The van der Waals surface area contributed by atoms with Gasteiger partial charge >= 0.3 is 0 Å². The molecule has 4 heteroatoms. The third kappa shape index (κ3) is 4.58. The molecule has 19 heavy (non-hydrogen) atoms. The maximum absolute atomic E-state index is 11.7. The van der Waals surface area contributed by atoms with E-state index in [-0.39, 0.29) is 5.91 Å². The zero-order valence-electron chi connectivity index (χ0n) is 11.1. The number of rotatable bonds is 6. The summed E-state index contributed by atoms with van der Waals surface area (Å²) in [5.41, 5.74) is 3.49. The van der Waals surface area contributed by atoms with Crippen LogP contribution in [-0.2, 0) is 17.6 Å². The van der Waals surface area contributed by atoms with Gasteiger partial charge in [0, 0.05) is 31.3 Å². The number of amides is 1. The number of nitrogens with zero attached hydrogens (tertiary/aromatic N) is 1. The summed E-state index contributed by atoms with van der Waals surface area (Å²) in [5.74, 6) is 0.0973. The van der Waals surface area contributed by atoms with Gasteiger partial charge in [0.15, 0.2) is 0 Å². The zero-order chi connectivity index (χ0) is 13.5. The van der Waals surface area contributed by atoms with Crippen LogP contribution in [0.2, 0.25) is 0 Å². The number of carbonyl (C=O) groups excluding carboxylic acids is 1. The van der Waals surface area contributed by atoms with Crippen LogP contribution in [0.5, 0.6) is 0 Å². The van der Waals surface area contributed by atoms with Crippen LogP contribution in [0.25, 0.3) is 0 Å². The normalized spacial score (nSPS) is 10.4. The van der Waals surface area contributed by atoms with E-state index in [0.29, 0.717) is 13.0 Å². The van der Waals surface area contributed by atoms with Crippen LogP contribution < -0.4 is 5.32 Å². The molecule has 0 atom stereocenters. The fourth-order valence-electron chi connectivity index (χ4n) is 1.86. The van der Waals surface area contributed by atoms with Gasteiger partial charge in [-0.25, -0.2) is 0 Å². The SMILES string of the molecule is Cc1ccc(CCC(=O)NCCc2ccn[nH]2)cc1. The quantitative estimate of drug-likeness (QED) is 0.831. The van der Waals surface area contributed by atoms with Crippen molar-refractivity contribution < 1.29 is 4.79 Å². The number of nitrogens with one attached hydrogen (secondary N) is 2. The Bertz CT molecular complexity index is 503. The third-order valence-corrected chi connectivity index (χ3v) is 3.04. The van der Waals surface area contributed by atoms with Gasteiger partial charge in [-0.1, -0.05) is 29.8 Å². The van der Waals surface area contributed by atoms with Gasteiger partial charge in [0.2, 0.25) is 5.91 Å². The average Bonchev–Trinajstić information content (AvgIpc) is 2.91.